The Bertz CT molecular complexity index is 119. The van der Waals surface area contributed by atoms with Gasteiger partial charge in [0.2, 0.25) is 0 Å². The van der Waals surface area contributed by atoms with E-state index in [0.29, 0.717) is 0 Å². The molecule has 0 spiro atoms. The van der Waals surface area contributed by atoms with Gasteiger partial charge in [-0.2, -0.15) is 5.32 Å². The van der Waals surface area contributed by atoms with E-state index >= 15 is 0 Å². The van der Waals surface area contributed by atoms with E-state index in [1.54, 1.807) is 6.92 Å². The SMILES string of the molecule is CC1N=[C][N]C1=O. The predicted octanol–water partition coefficient (Wildman–Crippen LogP) is -0.575. The summed E-state index contributed by atoms with van der Waals surface area (Å²) in [6.45, 7) is 1.69. The second kappa shape index (κ2) is 1.33. The first-order valence-electron chi connectivity index (χ1n) is 2.00. The van der Waals surface area contributed by atoms with Gasteiger partial charge in [0.1, 0.15) is 6.04 Å². The van der Waals surface area contributed by atoms with Gasteiger partial charge < -0.3 is 0 Å². The fourth-order valence-corrected chi connectivity index (χ4v) is 0.313. The Morgan fingerprint density at radius 2 is 2.57 bits per heavy atom. The van der Waals surface area contributed by atoms with Gasteiger partial charge in [-0.25, -0.2) is 0 Å². The van der Waals surface area contributed by atoms with E-state index in [0.717, 1.165) is 0 Å². The molecule has 7 heavy (non-hydrogen) atoms. The van der Waals surface area contributed by atoms with Gasteiger partial charge in [-0.1, -0.05) is 0 Å². The summed E-state index contributed by atoms with van der Waals surface area (Å²) in [7, 11) is 0. The smallest absolute Gasteiger partial charge is 0.270 e. The Balaban J connectivity index is 2.62. The third-order valence-electron chi connectivity index (χ3n) is 0.769. The quantitative estimate of drug-likeness (QED) is 0.398. The van der Waals surface area contributed by atoms with E-state index in [9.17, 15) is 4.79 Å². The molecular weight excluding hydrogens is 92.1 g/mol. The topological polar surface area (TPSA) is 43.5 Å². The summed E-state index contributed by atoms with van der Waals surface area (Å²) < 4.78 is 0. The van der Waals surface area contributed by atoms with Crippen LogP contribution in [0.4, 0.5) is 0 Å². The third-order valence-corrected chi connectivity index (χ3v) is 0.769. The van der Waals surface area contributed by atoms with Crippen molar-refractivity contribution in [2.24, 2.45) is 4.99 Å². The monoisotopic (exact) mass is 96.0 g/mol. The fourth-order valence-electron chi connectivity index (χ4n) is 0.313. The minimum Gasteiger partial charge on any atom is -0.270 e. The molecule has 0 aromatic carbocycles. The largest absolute Gasteiger partial charge is 0.272 e. The zero-order chi connectivity index (χ0) is 5.28. The summed E-state index contributed by atoms with van der Waals surface area (Å²) in [5.74, 6) is -0.194. The number of hydrogen-bond donors (Lipinski definition) is 0. The highest BCUT2D eigenvalue weighted by atomic mass is 16.2. The van der Waals surface area contributed by atoms with E-state index in [1.807, 2.05) is 0 Å². The van der Waals surface area contributed by atoms with Crippen LogP contribution < -0.4 is 5.32 Å². The maximum atomic E-state index is 10.3. The number of aliphatic imine (C=N–C) groups is 1. The number of amides is 1. The predicted molar refractivity (Wildman–Crippen MR) is 24.0 cm³/mol. The first-order chi connectivity index (χ1) is 3.30. The molecule has 1 aliphatic heterocycles. The molecule has 0 saturated heterocycles. The number of carbonyl (C=O) groups is 1. The highest BCUT2D eigenvalue weighted by Gasteiger charge is 2.16. The lowest BCUT2D eigenvalue weighted by atomic mass is 10.4. The van der Waals surface area contributed by atoms with Crippen molar-refractivity contribution in [3.05, 3.63) is 0 Å². The van der Waals surface area contributed by atoms with E-state index in [-0.39, 0.29) is 11.9 Å². The molecule has 1 atom stereocenters. The molecule has 2 radical (unpaired) electrons. The van der Waals surface area contributed by atoms with Crippen molar-refractivity contribution in [1.82, 2.24) is 5.32 Å². The van der Waals surface area contributed by atoms with Crippen molar-refractivity contribution in [2.75, 3.05) is 0 Å². The molecule has 0 aromatic rings. The molecule has 1 amide bonds. The maximum absolute atomic E-state index is 10.3. The second-order valence-electron chi connectivity index (χ2n) is 1.36. The lowest BCUT2D eigenvalue weighted by Crippen LogP contribution is -2.15. The van der Waals surface area contributed by atoms with E-state index in [2.05, 4.69) is 16.6 Å². The van der Waals surface area contributed by atoms with Gasteiger partial charge in [0, 0.05) is 0 Å². The molecule has 0 aliphatic carbocycles. The van der Waals surface area contributed by atoms with Crippen LogP contribution in [0.25, 0.3) is 0 Å². The first-order valence-corrected chi connectivity index (χ1v) is 2.00. The Morgan fingerprint density at radius 3 is 2.71 bits per heavy atom. The van der Waals surface area contributed by atoms with Gasteiger partial charge in [0.15, 0.2) is 6.34 Å². The summed E-state index contributed by atoms with van der Waals surface area (Å²) in [5, 5.41) is 3.26. The number of nitrogens with zero attached hydrogens (tertiary/aromatic N) is 2. The van der Waals surface area contributed by atoms with Gasteiger partial charge in [-0.15, -0.1) is 0 Å². The molecule has 0 aromatic heterocycles. The summed E-state index contributed by atoms with van der Waals surface area (Å²) in [5.41, 5.74) is 0. The molecule has 1 unspecified atom stereocenters. The first kappa shape index (κ1) is 4.30. The fraction of sp³-hybridized carbons (Fsp3) is 0.500. The highest BCUT2D eigenvalue weighted by molar-refractivity contribution is 5.95. The van der Waals surface area contributed by atoms with Crippen LogP contribution in [-0.4, -0.2) is 18.3 Å². The van der Waals surface area contributed by atoms with Crippen LogP contribution in [0.1, 0.15) is 6.92 Å². The Hall–Kier alpha value is -0.860. The van der Waals surface area contributed by atoms with Crippen LogP contribution in [-0.2, 0) is 4.79 Å². The van der Waals surface area contributed by atoms with Gasteiger partial charge >= 0.3 is 0 Å². The van der Waals surface area contributed by atoms with Crippen molar-refractivity contribution in [1.29, 1.82) is 0 Å². The molecule has 3 heteroatoms. The summed E-state index contributed by atoms with van der Waals surface area (Å²) >= 11 is 0. The Labute approximate surface area is 41.4 Å². The average molecular weight is 96.1 g/mol. The van der Waals surface area contributed by atoms with Crippen LogP contribution in [0.5, 0.6) is 0 Å². The number of carbonyl (C=O) groups excluding carboxylic acids is 1. The Kier molecular flexibility index (Phi) is 0.817. The number of rotatable bonds is 0. The zero-order valence-corrected chi connectivity index (χ0v) is 3.88. The molecule has 0 saturated carbocycles. The van der Waals surface area contributed by atoms with E-state index in [1.165, 1.54) is 0 Å². The maximum Gasteiger partial charge on any atom is 0.272 e. The molecule has 0 bridgehead atoms. The zero-order valence-electron chi connectivity index (χ0n) is 3.88. The Morgan fingerprint density at radius 1 is 1.86 bits per heavy atom. The molecular formula is C4H4N2O. The minimum atomic E-state index is -0.278. The highest BCUT2D eigenvalue weighted by Crippen LogP contribution is 1.92. The van der Waals surface area contributed by atoms with Crippen molar-refractivity contribution >= 4 is 12.2 Å². The van der Waals surface area contributed by atoms with Crippen molar-refractivity contribution in [2.45, 2.75) is 13.0 Å². The van der Waals surface area contributed by atoms with Gasteiger partial charge in [-0.3, -0.25) is 9.79 Å². The molecule has 3 nitrogen and oxygen atoms in total. The molecule has 1 rings (SSSR count). The molecule has 1 aliphatic rings. The van der Waals surface area contributed by atoms with Crippen molar-refractivity contribution in [3.63, 3.8) is 0 Å². The summed E-state index contributed by atoms with van der Waals surface area (Å²) in [6.07, 6.45) is 2.22. The van der Waals surface area contributed by atoms with E-state index in [4.69, 9.17) is 0 Å². The third kappa shape index (κ3) is 0.607. The van der Waals surface area contributed by atoms with Gasteiger partial charge in [-0.05, 0) is 6.92 Å². The molecule has 0 fully saturated rings. The standard InChI is InChI=1S/C4H4N2O/c1-3-4(7)6-2-5-3/h3H,1H3. The van der Waals surface area contributed by atoms with Crippen LogP contribution in [0.2, 0.25) is 0 Å². The molecule has 0 N–H and O–H groups in total. The minimum absolute atomic E-state index is 0.194. The lowest BCUT2D eigenvalue weighted by Gasteiger charge is -1.86. The van der Waals surface area contributed by atoms with Crippen molar-refractivity contribution in [3.8, 4) is 0 Å². The van der Waals surface area contributed by atoms with Crippen LogP contribution >= 0.6 is 0 Å². The lowest BCUT2D eigenvalue weighted by molar-refractivity contribution is -0.119. The number of hydrogen-bond acceptors (Lipinski definition) is 2. The molecule has 1 heterocycles. The normalized spacial score (nSPS) is 28.1. The molecule has 36 valence electrons. The summed E-state index contributed by atoms with van der Waals surface area (Å²) in [6, 6.07) is -0.278. The average Bonchev–Trinajstić information content (AvgIpc) is 1.91. The summed E-state index contributed by atoms with van der Waals surface area (Å²) in [4.78, 5) is 13.8. The second-order valence-corrected chi connectivity index (χ2v) is 1.36. The van der Waals surface area contributed by atoms with Gasteiger partial charge in [0.05, 0.1) is 0 Å². The van der Waals surface area contributed by atoms with E-state index < -0.39 is 0 Å². The van der Waals surface area contributed by atoms with Crippen LogP contribution in [0, 0.1) is 0 Å². The van der Waals surface area contributed by atoms with Crippen molar-refractivity contribution < 1.29 is 4.79 Å². The van der Waals surface area contributed by atoms with Crippen LogP contribution in [0.3, 0.4) is 0 Å². The van der Waals surface area contributed by atoms with Gasteiger partial charge in [0.25, 0.3) is 5.91 Å². The van der Waals surface area contributed by atoms with Crippen LogP contribution in [0.15, 0.2) is 4.99 Å².